The van der Waals surface area contributed by atoms with E-state index >= 15 is 0 Å². The molecule has 7 nitrogen and oxygen atoms in total. The predicted octanol–water partition coefficient (Wildman–Crippen LogP) is 2.22. The van der Waals surface area contributed by atoms with Crippen molar-refractivity contribution >= 4 is 47.4 Å². The summed E-state index contributed by atoms with van der Waals surface area (Å²) in [5.41, 5.74) is 0. The summed E-state index contributed by atoms with van der Waals surface area (Å²) in [7, 11) is 1.79. The zero-order valence-corrected chi connectivity index (χ0v) is 18.3. The smallest absolute Gasteiger partial charge is 0.409 e. The van der Waals surface area contributed by atoms with Crippen LogP contribution in [0.5, 0.6) is 0 Å². The third-order valence-corrected chi connectivity index (χ3v) is 5.09. The van der Waals surface area contributed by atoms with Gasteiger partial charge in [-0.1, -0.05) is 6.92 Å². The Labute approximate surface area is 170 Å². The van der Waals surface area contributed by atoms with E-state index in [2.05, 4.69) is 27.1 Å². The summed E-state index contributed by atoms with van der Waals surface area (Å²) in [4.78, 5) is 25.8. The Balaban J connectivity index is 0.00000312. The van der Waals surface area contributed by atoms with Crippen LogP contribution in [0.1, 0.15) is 23.7 Å². The zero-order valence-electron chi connectivity index (χ0n) is 15.2. The van der Waals surface area contributed by atoms with Crippen LogP contribution in [-0.2, 0) is 17.6 Å². The highest BCUT2D eigenvalue weighted by Gasteiger charge is 2.23. The summed E-state index contributed by atoms with van der Waals surface area (Å²) in [5.74, 6) is 0.880. The third-order valence-electron chi connectivity index (χ3n) is 3.89. The zero-order chi connectivity index (χ0) is 17.4. The van der Waals surface area contributed by atoms with Crippen LogP contribution in [0.3, 0.4) is 0 Å². The number of hydrogen-bond donors (Lipinski definition) is 1. The second kappa shape index (κ2) is 11.5. The number of piperazine rings is 1. The lowest BCUT2D eigenvalue weighted by Gasteiger charge is -2.35. The predicted molar refractivity (Wildman–Crippen MR) is 112 cm³/mol. The van der Waals surface area contributed by atoms with Crippen LogP contribution < -0.4 is 5.32 Å². The first-order valence-corrected chi connectivity index (χ1v) is 9.30. The van der Waals surface area contributed by atoms with E-state index in [0.717, 1.165) is 43.4 Å². The fraction of sp³-hybridized carbons (Fsp3) is 0.688. The van der Waals surface area contributed by atoms with Crippen LogP contribution in [0.2, 0.25) is 0 Å². The molecule has 9 heteroatoms. The van der Waals surface area contributed by atoms with Gasteiger partial charge in [-0.05, 0) is 13.3 Å². The molecule has 142 valence electrons. The number of aliphatic imine (C=N–C) groups is 1. The lowest BCUT2D eigenvalue weighted by molar-refractivity contribution is 0.0915. The molecule has 0 radical (unpaired) electrons. The van der Waals surface area contributed by atoms with Crippen LogP contribution in [0, 0.1) is 0 Å². The van der Waals surface area contributed by atoms with Gasteiger partial charge in [0, 0.05) is 57.3 Å². The molecule has 1 aliphatic rings. The molecule has 0 saturated carbocycles. The molecule has 0 aliphatic carbocycles. The van der Waals surface area contributed by atoms with Gasteiger partial charge < -0.3 is 19.9 Å². The van der Waals surface area contributed by atoms with Gasteiger partial charge in [-0.15, -0.1) is 35.3 Å². The van der Waals surface area contributed by atoms with Gasteiger partial charge in [0.2, 0.25) is 0 Å². The first-order chi connectivity index (χ1) is 11.7. The summed E-state index contributed by atoms with van der Waals surface area (Å²) in [6.45, 7) is 8.03. The molecule has 1 amide bonds. The van der Waals surface area contributed by atoms with Crippen LogP contribution in [0.25, 0.3) is 0 Å². The summed E-state index contributed by atoms with van der Waals surface area (Å²) in [5, 5.41) is 4.55. The Morgan fingerprint density at radius 3 is 2.56 bits per heavy atom. The number of nitrogens with one attached hydrogen (secondary N) is 1. The Morgan fingerprint density at radius 2 is 2.00 bits per heavy atom. The minimum absolute atomic E-state index is 0. The molecule has 2 rings (SSSR count). The van der Waals surface area contributed by atoms with E-state index in [0.29, 0.717) is 19.7 Å². The van der Waals surface area contributed by atoms with E-state index in [1.807, 2.05) is 13.1 Å². The van der Waals surface area contributed by atoms with Crippen molar-refractivity contribution in [2.45, 2.75) is 26.7 Å². The van der Waals surface area contributed by atoms with Gasteiger partial charge in [0.25, 0.3) is 0 Å². The molecular weight excluding hydrogens is 453 g/mol. The number of halogens is 1. The van der Waals surface area contributed by atoms with Crippen molar-refractivity contribution in [3.8, 4) is 0 Å². The van der Waals surface area contributed by atoms with Gasteiger partial charge in [-0.3, -0.25) is 4.99 Å². The average Bonchev–Trinajstić information content (AvgIpc) is 3.07. The number of aromatic nitrogens is 1. The average molecular weight is 481 g/mol. The number of carbonyl (C=O) groups is 1. The van der Waals surface area contributed by atoms with Gasteiger partial charge >= 0.3 is 6.09 Å². The van der Waals surface area contributed by atoms with E-state index in [-0.39, 0.29) is 30.1 Å². The van der Waals surface area contributed by atoms with Crippen molar-refractivity contribution in [3.05, 3.63) is 16.1 Å². The lowest BCUT2D eigenvalue weighted by Crippen LogP contribution is -2.54. The lowest BCUT2D eigenvalue weighted by atomic mass is 10.3. The second-order valence-electron chi connectivity index (χ2n) is 5.47. The molecule has 1 N–H and O–H groups in total. The minimum Gasteiger partial charge on any atom is -0.450 e. The fourth-order valence-corrected chi connectivity index (χ4v) is 3.42. The highest BCUT2D eigenvalue weighted by molar-refractivity contribution is 14.0. The number of nitrogens with zero attached hydrogens (tertiary/aromatic N) is 4. The van der Waals surface area contributed by atoms with Crippen molar-refractivity contribution in [2.75, 3.05) is 46.4 Å². The molecule has 1 aromatic heterocycles. The fourth-order valence-electron chi connectivity index (χ4n) is 2.56. The molecule has 1 aromatic rings. The largest absolute Gasteiger partial charge is 0.450 e. The summed E-state index contributed by atoms with van der Waals surface area (Å²) < 4.78 is 5.05. The standard InChI is InChI=1S/C16H27N5O2S.HI/c1-4-13-12-19-14(24-13)6-7-18-15(17-3)20-8-10-21(11-9-20)16(22)23-5-2;/h12H,4-11H2,1-3H3,(H,17,18);1H. The Morgan fingerprint density at radius 1 is 1.32 bits per heavy atom. The monoisotopic (exact) mass is 481 g/mol. The molecule has 1 saturated heterocycles. The quantitative estimate of drug-likeness (QED) is 0.397. The molecule has 1 fully saturated rings. The maximum atomic E-state index is 11.7. The van der Waals surface area contributed by atoms with Crippen molar-refractivity contribution < 1.29 is 9.53 Å². The van der Waals surface area contributed by atoms with E-state index in [9.17, 15) is 4.79 Å². The number of ether oxygens (including phenoxy) is 1. The summed E-state index contributed by atoms with van der Waals surface area (Å²) >= 11 is 1.77. The molecule has 0 spiro atoms. The normalized spacial score (nSPS) is 14.9. The molecular formula is C16H28IN5O2S. The molecule has 25 heavy (non-hydrogen) atoms. The number of aryl methyl sites for hydroxylation is 1. The van der Waals surface area contributed by atoms with Crippen LogP contribution in [0.15, 0.2) is 11.2 Å². The van der Waals surface area contributed by atoms with Crippen molar-refractivity contribution in [3.63, 3.8) is 0 Å². The highest BCUT2D eigenvalue weighted by atomic mass is 127. The number of rotatable bonds is 5. The van der Waals surface area contributed by atoms with E-state index in [1.54, 1.807) is 23.3 Å². The number of amides is 1. The Hall–Kier alpha value is -1.10. The van der Waals surface area contributed by atoms with E-state index in [1.165, 1.54) is 4.88 Å². The number of hydrogen-bond acceptors (Lipinski definition) is 5. The van der Waals surface area contributed by atoms with Crippen molar-refractivity contribution in [2.24, 2.45) is 4.99 Å². The molecule has 0 atom stereocenters. The van der Waals surface area contributed by atoms with Crippen molar-refractivity contribution in [1.29, 1.82) is 0 Å². The number of guanidine groups is 1. The molecule has 1 aliphatic heterocycles. The first-order valence-electron chi connectivity index (χ1n) is 8.48. The molecule has 0 aromatic carbocycles. The van der Waals surface area contributed by atoms with E-state index < -0.39 is 0 Å². The van der Waals surface area contributed by atoms with E-state index in [4.69, 9.17) is 4.74 Å². The molecule has 0 unspecified atom stereocenters. The first kappa shape index (κ1) is 21.9. The maximum absolute atomic E-state index is 11.7. The minimum atomic E-state index is -0.226. The number of thiazole rings is 1. The topological polar surface area (TPSA) is 70.1 Å². The second-order valence-corrected chi connectivity index (χ2v) is 6.67. The van der Waals surface area contributed by atoms with Gasteiger partial charge in [0.05, 0.1) is 11.6 Å². The van der Waals surface area contributed by atoms with Crippen LogP contribution in [0.4, 0.5) is 4.79 Å². The van der Waals surface area contributed by atoms with Gasteiger partial charge in [0.1, 0.15) is 0 Å². The molecule has 2 heterocycles. The summed E-state index contributed by atoms with van der Waals surface area (Å²) in [6, 6.07) is 0. The van der Waals surface area contributed by atoms with Gasteiger partial charge in [-0.25, -0.2) is 9.78 Å². The van der Waals surface area contributed by atoms with Gasteiger partial charge in [0.15, 0.2) is 5.96 Å². The van der Waals surface area contributed by atoms with Gasteiger partial charge in [-0.2, -0.15) is 0 Å². The molecule has 0 bridgehead atoms. The Kier molecular flexibility index (Phi) is 10.1. The Bertz CT molecular complexity index is 558. The highest BCUT2D eigenvalue weighted by Crippen LogP contribution is 2.13. The van der Waals surface area contributed by atoms with Crippen molar-refractivity contribution in [1.82, 2.24) is 20.1 Å². The maximum Gasteiger partial charge on any atom is 0.409 e. The SMILES string of the molecule is CCOC(=O)N1CCN(C(=NC)NCCc2ncc(CC)s2)CC1.I. The van der Waals surface area contributed by atoms with Crippen LogP contribution in [-0.4, -0.2) is 73.2 Å². The van der Waals surface area contributed by atoms with Crippen LogP contribution >= 0.6 is 35.3 Å². The summed E-state index contributed by atoms with van der Waals surface area (Å²) in [6.07, 6.45) is 3.67. The third kappa shape index (κ3) is 6.61. The number of carbonyl (C=O) groups excluding carboxylic acids is 1.